The van der Waals surface area contributed by atoms with Crippen molar-refractivity contribution in [2.75, 3.05) is 11.1 Å². The summed E-state index contributed by atoms with van der Waals surface area (Å²) in [6.45, 7) is 1.83. The summed E-state index contributed by atoms with van der Waals surface area (Å²) in [4.78, 5) is 12.3. The van der Waals surface area contributed by atoms with Crippen molar-refractivity contribution >= 4 is 17.4 Å². The Morgan fingerprint density at radius 2 is 2.10 bits per heavy atom. The van der Waals surface area contributed by atoms with E-state index in [4.69, 9.17) is 5.73 Å². The molecule has 1 saturated carbocycles. The molecule has 1 aliphatic rings. The Morgan fingerprint density at radius 3 is 2.70 bits per heavy atom. The fourth-order valence-corrected chi connectivity index (χ4v) is 2.59. The summed E-state index contributed by atoms with van der Waals surface area (Å²) >= 11 is 0. The molecule has 2 aromatic rings. The molecular formula is C15H18N4O. The van der Waals surface area contributed by atoms with Crippen molar-refractivity contribution in [3.63, 3.8) is 0 Å². The second-order valence-electron chi connectivity index (χ2n) is 5.32. The minimum atomic E-state index is 0.0218. The van der Waals surface area contributed by atoms with Crippen LogP contribution in [0.15, 0.2) is 30.3 Å². The lowest BCUT2D eigenvalue weighted by molar-refractivity contribution is -0.117. The lowest BCUT2D eigenvalue weighted by Crippen LogP contribution is -2.17. The molecule has 2 unspecified atom stereocenters. The number of benzene rings is 1. The molecule has 3 N–H and O–H groups in total. The molecule has 0 bridgehead atoms. The number of nitrogens with one attached hydrogen (secondary N) is 1. The zero-order chi connectivity index (χ0) is 14.3. The van der Waals surface area contributed by atoms with Gasteiger partial charge in [-0.05, 0) is 24.8 Å². The van der Waals surface area contributed by atoms with Gasteiger partial charge in [0.2, 0.25) is 5.91 Å². The lowest BCUT2D eigenvalue weighted by Gasteiger charge is -2.06. The number of amides is 1. The number of nitrogens with zero attached hydrogens (tertiary/aromatic N) is 2. The molecule has 5 heteroatoms. The largest absolute Gasteiger partial charge is 0.394 e. The number of anilines is 2. The molecule has 0 aliphatic heterocycles. The number of carbonyl (C=O) groups excluding carboxylic acids is 1. The van der Waals surface area contributed by atoms with Gasteiger partial charge in [-0.15, -0.1) is 0 Å². The van der Waals surface area contributed by atoms with E-state index in [-0.39, 0.29) is 11.8 Å². The Labute approximate surface area is 117 Å². The molecular weight excluding hydrogens is 252 g/mol. The predicted molar refractivity (Wildman–Crippen MR) is 78.3 cm³/mol. The van der Waals surface area contributed by atoms with Crippen molar-refractivity contribution in [1.82, 2.24) is 9.78 Å². The van der Waals surface area contributed by atoms with Gasteiger partial charge in [0, 0.05) is 13.0 Å². The first-order chi connectivity index (χ1) is 9.58. The molecule has 20 heavy (non-hydrogen) atoms. The number of hydrogen-bond acceptors (Lipinski definition) is 3. The van der Waals surface area contributed by atoms with Crippen LogP contribution in [0.5, 0.6) is 0 Å². The van der Waals surface area contributed by atoms with Crippen LogP contribution < -0.4 is 11.1 Å². The smallest absolute Gasteiger partial charge is 0.229 e. The molecule has 0 saturated heterocycles. The van der Waals surface area contributed by atoms with Crippen molar-refractivity contribution in [2.45, 2.75) is 19.3 Å². The van der Waals surface area contributed by atoms with Crippen molar-refractivity contribution in [2.24, 2.45) is 13.0 Å². The number of carbonyl (C=O) groups is 1. The zero-order valence-corrected chi connectivity index (χ0v) is 11.6. The van der Waals surface area contributed by atoms with E-state index in [0.29, 0.717) is 17.4 Å². The van der Waals surface area contributed by atoms with Crippen LogP contribution in [0, 0.1) is 12.8 Å². The van der Waals surface area contributed by atoms with Crippen LogP contribution in [0.1, 0.15) is 23.6 Å². The highest BCUT2D eigenvalue weighted by Crippen LogP contribution is 2.48. The van der Waals surface area contributed by atoms with Gasteiger partial charge >= 0.3 is 0 Å². The second kappa shape index (κ2) is 4.67. The molecule has 104 valence electrons. The van der Waals surface area contributed by atoms with E-state index in [1.54, 1.807) is 11.7 Å². The zero-order valence-electron chi connectivity index (χ0n) is 11.6. The SMILES string of the molecule is Cc1nn(C)c(NC(=O)C2CC2c2ccccc2)c1N. The summed E-state index contributed by atoms with van der Waals surface area (Å²) in [6, 6.07) is 10.1. The van der Waals surface area contributed by atoms with E-state index < -0.39 is 0 Å². The topological polar surface area (TPSA) is 72.9 Å². The highest BCUT2D eigenvalue weighted by Gasteiger charge is 2.44. The summed E-state index contributed by atoms with van der Waals surface area (Å²) in [5.41, 5.74) is 8.42. The summed E-state index contributed by atoms with van der Waals surface area (Å²) in [5, 5.41) is 7.10. The van der Waals surface area contributed by atoms with Crippen LogP contribution in [0.3, 0.4) is 0 Å². The summed E-state index contributed by atoms with van der Waals surface area (Å²) in [5.74, 6) is 0.971. The Balaban J connectivity index is 1.70. The van der Waals surface area contributed by atoms with Gasteiger partial charge in [0.05, 0.1) is 11.4 Å². The molecule has 5 nitrogen and oxygen atoms in total. The van der Waals surface area contributed by atoms with E-state index in [2.05, 4.69) is 22.5 Å². The van der Waals surface area contributed by atoms with E-state index in [9.17, 15) is 4.79 Å². The Bertz CT molecular complexity index is 647. The van der Waals surface area contributed by atoms with Gasteiger partial charge in [0.25, 0.3) is 0 Å². The number of nitrogens with two attached hydrogens (primary N) is 1. The number of rotatable bonds is 3. The summed E-state index contributed by atoms with van der Waals surface area (Å²) in [7, 11) is 1.78. The number of aryl methyl sites for hydroxylation is 2. The first-order valence-corrected chi connectivity index (χ1v) is 6.73. The molecule has 0 spiro atoms. The maximum Gasteiger partial charge on any atom is 0.229 e. The minimum absolute atomic E-state index is 0.0218. The molecule has 1 fully saturated rings. The van der Waals surface area contributed by atoms with Gasteiger partial charge in [-0.25, -0.2) is 0 Å². The maximum absolute atomic E-state index is 12.3. The Morgan fingerprint density at radius 1 is 1.40 bits per heavy atom. The second-order valence-corrected chi connectivity index (χ2v) is 5.32. The van der Waals surface area contributed by atoms with E-state index in [1.165, 1.54) is 5.56 Å². The number of aromatic nitrogens is 2. The van der Waals surface area contributed by atoms with Gasteiger partial charge < -0.3 is 11.1 Å². The number of nitrogen functional groups attached to an aromatic ring is 1. The van der Waals surface area contributed by atoms with E-state index in [0.717, 1.165) is 12.1 Å². The molecule has 1 aromatic heterocycles. The van der Waals surface area contributed by atoms with Crippen molar-refractivity contribution in [1.29, 1.82) is 0 Å². The summed E-state index contributed by atoms with van der Waals surface area (Å²) in [6.07, 6.45) is 0.895. The highest BCUT2D eigenvalue weighted by molar-refractivity contribution is 5.97. The van der Waals surface area contributed by atoms with Gasteiger partial charge in [-0.3, -0.25) is 9.48 Å². The van der Waals surface area contributed by atoms with Gasteiger partial charge in [-0.1, -0.05) is 30.3 Å². The van der Waals surface area contributed by atoms with Crippen molar-refractivity contribution in [3.8, 4) is 0 Å². The van der Waals surface area contributed by atoms with E-state index in [1.807, 2.05) is 25.1 Å². The van der Waals surface area contributed by atoms with Crippen LogP contribution in [0.4, 0.5) is 11.5 Å². The maximum atomic E-state index is 12.3. The van der Waals surface area contributed by atoms with Crippen LogP contribution in [0.25, 0.3) is 0 Å². The van der Waals surface area contributed by atoms with Crippen LogP contribution >= 0.6 is 0 Å². The molecule has 1 aliphatic carbocycles. The normalized spacial score (nSPS) is 20.7. The standard InChI is InChI=1S/C15H18N4O/c1-9-13(16)14(19(2)18-9)17-15(20)12-8-11(12)10-6-4-3-5-7-10/h3-7,11-12H,8,16H2,1-2H3,(H,17,20). The number of hydrogen-bond donors (Lipinski definition) is 2. The predicted octanol–water partition coefficient (Wildman–Crippen LogP) is 2.05. The first-order valence-electron chi connectivity index (χ1n) is 6.73. The van der Waals surface area contributed by atoms with Gasteiger partial charge in [-0.2, -0.15) is 5.10 Å². The minimum Gasteiger partial charge on any atom is -0.394 e. The van der Waals surface area contributed by atoms with Gasteiger partial charge in [0.1, 0.15) is 0 Å². The van der Waals surface area contributed by atoms with Crippen LogP contribution in [-0.2, 0) is 11.8 Å². The molecule has 2 atom stereocenters. The Kier molecular flexibility index (Phi) is 2.97. The third-order valence-electron chi connectivity index (χ3n) is 3.87. The molecule has 1 amide bonds. The van der Waals surface area contributed by atoms with Crippen molar-refractivity contribution in [3.05, 3.63) is 41.6 Å². The van der Waals surface area contributed by atoms with Gasteiger partial charge in [0.15, 0.2) is 5.82 Å². The Hall–Kier alpha value is -2.30. The third-order valence-corrected chi connectivity index (χ3v) is 3.87. The molecule has 1 aromatic carbocycles. The average molecular weight is 270 g/mol. The molecule has 0 radical (unpaired) electrons. The van der Waals surface area contributed by atoms with E-state index >= 15 is 0 Å². The first kappa shape index (κ1) is 12.7. The monoisotopic (exact) mass is 270 g/mol. The van der Waals surface area contributed by atoms with Crippen LogP contribution in [0.2, 0.25) is 0 Å². The third kappa shape index (κ3) is 2.15. The average Bonchev–Trinajstić information content (AvgIpc) is 3.20. The summed E-state index contributed by atoms with van der Waals surface area (Å²) < 4.78 is 1.61. The van der Waals surface area contributed by atoms with Crippen molar-refractivity contribution < 1.29 is 4.79 Å². The fraction of sp³-hybridized carbons (Fsp3) is 0.333. The lowest BCUT2D eigenvalue weighted by atomic mass is 10.1. The highest BCUT2D eigenvalue weighted by atomic mass is 16.2. The quantitative estimate of drug-likeness (QED) is 0.896. The van der Waals surface area contributed by atoms with Crippen LogP contribution in [-0.4, -0.2) is 15.7 Å². The molecule has 3 rings (SSSR count). The molecule has 1 heterocycles. The fourth-order valence-electron chi connectivity index (χ4n) is 2.59.